The molecule has 0 saturated carbocycles. The first-order chi connectivity index (χ1) is 12.1. The predicted molar refractivity (Wildman–Crippen MR) is 98.4 cm³/mol. The van der Waals surface area contributed by atoms with Gasteiger partial charge in [0, 0.05) is 28.8 Å². The number of nitrogens with one attached hydrogen (secondary N) is 1. The van der Waals surface area contributed by atoms with Crippen molar-refractivity contribution < 1.29 is 14.3 Å². The number of halogens is 1. The molecule has 2 aromatic carbocycles. The summed E-state index contributed by atoms with van der Waals surface area (Å²) >= 11 is 6.02. The lowest BCUT2D eigenvalue weighted by Crippen LogP contribution is -2.07. The molecule has 3 rings (SSSR count). The Hall–Kier alpha value is -2.79. The minimum Gasteiger partial charge on any atom is -0.496 e. The molecule has 0 fully saturated rings. The number of carbonyl (C=O) groups is 1. The summed E-state index contributed by atoms with van der Waals surface area (Å²) in [5.74, 6) is 0.0577. The van der Waals surface area contributed by atoms with Gasteiger partial charge in [0.2, 0.25) is 0 Å². The number of carbonyl (C=O) groups excluding carboxylic acids is 1. The lowest BCUT2D eigenvalue weighted by atomic mass is 10.1. The maximum Gasteiger partial charge on any atom is 0.341 e. The number of rotatable bonds is 5. The summed E-state index contributed by atoms with van der Waals surface area (Å²) in [7, 11) is 2.87. The van der Waals surface area contributed by atoms with Gasteiger partial charge in [-0.1, -0.05) is 17.7 Å². The van der Waals surface area contributed by atoms with Crippen molar-refractivity contribution in [3.63, 3.8) is 0 Å². The Morgan fingerprint density at radius 3 is 2.76 bits per heavy atom. The molecule has 1 heterocycles. The Morgan fingerprint density at radius 2 is 2.00 bits per heavy atom. The van der Waals surface area contributed by atoms with Crippen LogP contribution in [-0.2, 0) is 11.3 Å². The highest BCUT2D eigenvalue weighted by molar-refractivity contribution is 6.31. The van der Waals surface area contributed by atoms with Crippen LogP contribution in [0.15, 0.2) is 48.7 Å². The van der Waals surface area contributed by atoms with Gasteiger partial charge >= 0.3 is 5.97 Å². The number of aromatic nitrogens is 1. The van der Waals surface area contributed by atoms with E-state index in [9.17, 15) is 4.79 Å². The summed E-state index contributed by atoms with van der Waals surface area (Å²) < 4.78 is 10.0. The van der Waals surface area contributed by atoms with Crippen LogP contribution in [0.3, 0.4) is 0 Å². The fourth-order valence-corrected chi connectivity index (χ4v) is 2.77. The van der Waals surface area contributed by atoms with Crippen molar-refractivity contribution in [1.29, 1.82) is 0 Å². The van der Waals surface area contributed by atoms with Gasteiger partial charge in [0.25, 0.3) is 0 Å². The zero-order valence-corrected chi connectivity index (χ0v) is 14.6. The van der Waals surface area contributed by atoms with Crippen LogP contribution in [0.4, 0.5) is 5.69 Å². The van der Waals surface area contributed by atoms with E-state index in [0.29, 0.717) is 22.9 Å². The van der Waals surface area contributed by atoms with Gasteiger partial charge in [-0.25, -0.2) is 4.79 Å². The Bertz CT molecular complexity index is 928. The number of hydrogen-bond donors (Lipinski definition) is 1. The molecule has 0 unspecified atom stereocenters. The van der Waals surface area contributed by atoms with Crippen LogP contribution < -0.4 is 10.1 Å². The summed E-state index contributed by atoms with van der Waals surface area (Å²) in [5, 5.41) is 5.00. The molecule has 0 amide bonds. The second-order valence-corrected chi connectivity index (χ2v) is 5.84. The average Bonchev–Trinajstić information content (AvgIpc) is 2.65. The first kappa shape index (κ1) is 17.0. The zero-order valence-electron chi connectivity index (χ0n) is 13.9. The molecule has 1 N–H and O–H groups in total. The van der Waals surface area contributed by atoms with Crippen molar-refractivity contribution in [2.24, 2.45) is 0 Å². The monoisotopic (exact) mass is 356 g/mol. The molecule has 0 saturated heterocycles. The topological polar surface area (TPSA) is 60.5 Å². The molecule has 0 aliphatic rings. The van der Waals surface area contributed by atoms with E-state index >= 15 is 0 Å². The molecule has 128 valence electrons. The molecular weight excluding hydrogens is 340 g/mol. The molecule has 3 aromatic rings. The van der Waals surface area contributed by atoms with E-state index in [-0.39, 0.29) is 0 Å². The maximum absolute atomic E-state index is 11.9. The van der Waals surface area contributed by atoms with E-state index < -0.39 is 5.97 Å². The number of fused-ring (bicyclic) bond motifs is 1. The molecule has 0 spiro atoms. The van der Waals surface area contributed by atoms with Crippen molar-refractivity contribution >= 4 is 34.2 Å². The Kier molecular flexibility index (Phi) is 5.05. The third kappa shape index (κ3) is 3.67. The maximum atomic E-state index is 11.9. The van der Waals surface area contributed by atoms with Crippen LogP contribution in [0.2, 0.25) is 5.02 Å². The van der Waals surface area contributed by atoms with Crippen LogP contribution in [0.1, 0.15) is 15.9 Å². The zero-order chi connectivity index (χ0) is 17.8. The second-order valence-electron chi connectivity index (χ2n) is 5.40. The van der Waals surface area contributed by atoms with Crippen molar-refractivity contribution in [3.05, 3.63) is 64.8 Å². The number of pyridine rings is 1. The molecular formula is C19H17ClN2O3. The van der Waals surface area contributed by atoms with Gasteiger partial charge in [-0.15, -0.1) is 0 Å². The Morgan fingerprint density at radius 1 is 1.16 bits per heavy atom. The number of nitrogens with zero attached hydrogens (tertiary/aromatic N) is 1. The SMILES string of the molecule is COC(=O)c1cc(CNc2ccnc3cc(Cl)ccc23)ccc1OC. The minimum absolute atomic E-state index is 0.399. The highest BCUT2D eigenvalue weighted by Crippen LogP contribution is 2.26. The van der Waals surface area contributed by atoms with Gasteiger partial charge in [0.1, 0.15) is 11.3 Å². The highest BCUT2D eigenvalue weighted by atomic mass is 35.5. The third-order valence-corrected chi connectivity index (χ3v) is 4.09. The van der Waals surface area contributed by atoms with Crippen molar-refractivity contribution in [2.75, 3.05) is 19.5 Å². The standard InChI is InChI=1S/C19H17ClN2O3/c1-24-18-6-3-12(9-15(18)19(23)25-2)11-22-16-7-8-21-17-10-13(20)4-5-14(16)17/h3-10H,11H2,1-2H3,(H,21,22). The van der Waals surface area contributed by atoms with Crippen LogP contribution in [-0.4, -0.2) is 25.2 Å². The van der Waals surface area contributed by atoms with Gasteiger partial charge in [-0.2, -0.15) is 0 Å². The number of ether oxygens (including phenoxy) is 2. The number of hydrogen-bond acceptors (Lipinski definition) is 5. The first-order valence-electron chi connectivity index (χ1n) is 7.65. The van der Waals surface area contributed by atoms with E-state index in [1.165, 1.54) is 14.2 Å². The summed E-state index contributed by atoms with van der Waals surface area (Å²) in [6.07, 6.45) is 1.73. The molecule has 6 heteroatoms. The van der Waals surface area contributed by atoms with E-state index in [1.54, 1.807) is 18.3 Å². The lowest BCUT2D eigenvalue weighted by molar-refractivity contribution is 0.0597. The van der Waals surface area contributed by atoms with Crippen LogP contribution >= 0.6 is 11.6 Å². The molecule has 1 aromatic heterocycles. The first-order valence-corrected chi connectivity index (χ1v) is 8.03. The Balaban J connectivity index is 1.86. The van der Waals surface area contributed by atoms with Gasteiger partial charge in [0.05, 0.1) is 19.7 Å². The number of esters is 1. The van der Waals surface area contributed by atoms with Gasteiger partial charge in [0.15, 0.2) is 0 Å². The molecule has 0 atom stereocenters. The minimum atomic E-state index is -0.428. The Labute approximate surface area is 150 Å². The average molecular weight is 357 g/mol. The quantitative estimate of drug-likeness (QED) is 0.691. The molecule has 0 bridgehead atoms. The smallest absolute Gasteiger partial charge is 0.341 e. The van der Waals surface area contributed by atoms with Crippen molar-refractivity contribution in [3.8, 4) is 5.75 Å². The van der Waals surface area contributed by atoms with Crippen molar-refractivity contribution in [1.82, 2.24) is 4.98 Å². The van der Waals surface area contributed by atoms with Crippen LogP contribution in [0.5, 0.6) is 5.75 Å². The largest absolute Gasteiger partial charge is 0.496 e. The highest BCUT2D eigenvalue weighted by Gasteiger charge is 2.13. The predicted octanol–water partition coefficient (Wildman–Crippen LogP) is 4.30. The summed E-state index contributed by atoms with van der Waals surface area (Å²) in [5.41, 5.74) is 3.09. The number of anilines is 1. The van der Waals surface area contributed by atoms with Gasteiger partial charge in [-0.3, -0.25) is 4.98 Å². The molecule has 0 aliphatic heterocycles. The second kappa shape index (κ2) is 7.40. The summed E-state index contributed by atoms with van der Waals surface area (Å²) in [6, 6.07) is 12.9. The normalized spacial score (nSPS) is 10.5. The fourth-order valence-electron chi connectivity index (χ4n) is 2.61. The summed E-state index contributed by atoms with van der Waals surface area (Å²) in [6.45, 7) is 0.537. The molecule has 0 aliphatic carbocycles. The molecule has 0 radical (unpaired) electrons. The van der Waals surface area contributed by atoms with Gasteiger partial charge in [-0.05, 0) is 42.0 Å². The van der Waals surface area contributed by atoms with Crippen LogP contribution in [0.25, 0.3) is 10.9 Å². The van der Waals surface area contributed by atoms with Gasteiger partial charge < -0.3 is 14.8 Å². The lowest BCUT2D eigenvalue weighted by Gasteiger charge is -2.12. The van der Waals surface area contributed by atoms with E-state index in [2.05, 4.69) is 10.3 Å². The number of methoxy groups -OCH3 is 2. The van der Waals surface area contributed by atoms with E-state index in [4.69, 9.17) is 21.1 Å². The fraction of sp³-hybridized carbons (Fsp3) is 0.158. The number of benzene rings is 2. The van der Waals surface area contributed by atoms with E-state index in [1.807, 2.05) is 30.3 Å². The molecule has 5 nitrogen and oxygen atoms in total. The van der Waals surface area contributed by atoms with Crippen molar-refractivity contribution in [2.45, 2.75) is 6.54 Å². The van der Waals surface area contributed by atoms with E-state index in [0.717, 1.165) is 22.2 Å². The summed E-state index contributed by atoms with van der Waals surface area (Å²) in [4.78, 5) is 16.2. The molecule has 25 heavy (non-hydrogen) atoms. The third-order valence-electron chi connectivity index (χ3n) is 3.86. The van der Waals surface area contributed by atoms with Crippen LogP contribution in [0, 0.1) is 0 Å².